The molecule has 2 heterocycles. The fourth-order valence-electron chi connectivity index (χ4n) is 3.36. The molecule has 0 aliphatic carbocycles. The molecule has 1 saturated heterocycles. The summed E-state index contributed by atoms with van der Waals surface area (Å²) in [6.45, 7) is 2.96. The van der Waals surface area contributed by atoms with Crippen molar-refractivity contribution in [3.8, 4) is 17.3 Å². The maximum absolute atomic E-state index is 9.84. The highest BCUT2D eigenvalue weighted by Gasteiger charge is 2.15. The Labute approximate surface area is 169 Å². The first kappa shape index (κ1) is 18.9. The first-order chi connectivity index (χ1) is 14.3. The monoisotopic (exact) mass is 387 g/mol. The molecule has 0 unspecified atom stereocenters. The molecular weight excluding hydrogens is 366 g/mol. The largest absolute Gasteiger partial charge is 0.392 e. The van der Waals surface area contributed by atoms with E-state index in [1.807, 2.05) is 36.4 Å². The van der Waals surface area contributed by atoms with Gasteiger partial charge >= 0.3 is 0 Å². The van der Waals surface area contributed by atoms with E-state index in [1.54, 1.807) is 18.3 Å². The first-order valence-electron chi connectivity index (χ1n) is 9.44. The third-order valence-corrected chi connectivity index (χ3v) is 4.80. The summed E-state index contributed by atoms with van der Waals surface area (Å²) in [5, 5.41) is 22.1. The van der Waals surface area contributed by atoms with E-state index >= 15 is 0 Å². The van der Waals surface area contributed by atoms with E-state index in [0.717, 1.165) is 41.3 Å². The molecule has 7 nitrogen and oxygen atoms in total. The van der Waals surface area contributed by atoms with Gasteiger partial charge in [0.15, 0.2) is 0 Å². The van der Waals surface area contributed by atoms with Crippen molar-refractivity contribution in [2.75, 3.05) is 36.5 Å². The molecule has 0 atom stereocenters. The van der Waals surface area contributed by atoms with Crippen LogP contribution in [0.25, 0.3) is 11.3 Å². The zero-order valence-corrected chi connectivity index (χ0v) is 15.9. The molecule has 29 heavy (non-hydrogen) atoms. The van der Waals surface area contributed by atoms with Gasteiger partial charge in [0.05, 0.1) is 37.1 Å². The molecular formula is C22H21N5O2. The average molecular weight is 387 g/mol. The first-order valence-corrected chi connectivity index (χ1v) is 9.44. The number of rotatable bonds is 5. The van der Waals surface area contributed by atoms with Gasteiger partial charge in [0.25, 0.3) is 0 Å². The van der Waals surface area contributed by atoms with Gasteiger partial charge in [-0.2, -0.15) is 5.26 Å². The summed E-state index contributed by atoms with van der Waals surface area (Å²) in [6, 6.07) is 17.1. The molecule has 1 fully saturated rings. The summed E-state index contributed by atoms with van der Waals surface area (Å²) in [4.78, 5) is 11.1. The summed E-state index contributed by atoms with van der Waals surface area (Å²) >= 11 is 0. The third-order valence-electron chi connectivity index (χ3n) is 4.80. The number of ether oxygens (including phenoxy) is 1. The lowest BCUT2D eigenvalue weighted by Crippen LogP contribution is -2.36. The fraction of sp³-hybridized carbons (Fsp3) is 0.227. The van der Waals surface area contributed by atoms with E-state index in [9.17, 15) is 5.11 Å². The van der Waals surface area contributed by atoms with Gasteiger partial charge in [-0.05, 0) is 36.4 Å². The van der Waals surface area contributed by atoms with E-state index in [-0.39, 0.29) is 6.61 Å². The molecule has 0 radical (unpaired) electrons. The van der Waals surface area contributed by atoms with Crippen molar-refractivity contribution in [3.63, 3.8) is 0 Å². The van der Waals surface area contributed by atoms with Crippen molar-refractivity contribution < 1.29 is 9.84 Å². The van der Waals surface area contributed by atoms with Crippen LogP contribution in [0, 0.1) is 11.3 Å². The highest BCUT2D eigenvalue weighted by Crippen LogP contribution is 2.27. The molecule has 0 bridgehead atoms. The zero-order chi connectivity index (χ0) is 20.1. The second-order valence-electron chi connectivity index (χ2n) is 6.68. The number of nitriles is 1. The molecule has 146 valence electrons. The minimum Gasteiger partial charge on any atom is -0.392 e. The summed E-state index contributed by atoms with van der Waals surface area (Å²) in [5.41, 5.74) is 4.83. The smallest absolute Gasteiger partial charge is 0.227 e. The van der Waals surface area contributed by atoms with Crippen LogP contribution in [0.1, 0.15) is 11.1 Å². The number of aliphatic hydroxyl groups excluding tert-OH is 1. The molecule has 1 aliphatic rings. The van der Waals surface area contributed by atoms with E-state index in [4.69, 9.17) is 10.00 Å². The maximum Gasteiger partial charge on any atom is 0.227 e. The fourth-order valence-corrected chi connectivity index (χ4v) is 3.36. The molecule has 4 rings (SSSR count). The molecule has 0 amide bonds. The van der Waals surface area contributed by atoms with Crippen LogP contribution in [-0.2, 0) is 11.3 Å². The van der Waals surface area contributed by atoms with Crippen molar-refractivity contribution in [1.82, 2.24) is 9.97 Å². The Morgan fingerprint density at radius 3 is 2.79 bits per heavy atom. The minimum atomic E-state index is -0.0515. The van der Waals surface area contributed by atoms with E-state index < -0.39 is 0 Å². The Kier molecular flexibility index (Phi) is 5.66. The number of nitrogens with zero attached hydrogens (tertiary/aromatic N) is 4. The van der Waals surface area contributed by atoms with Gasteiger partial charge in [-0.1, -0.05) is 12.1 Å². The van der Waals surface area contributed by atoms with Crippen LogP contribution in [0.15, 0.2) is 54.7 Å². The SMILES string of the molecule is N#Cc1cccc(-c2ccnc(Nc3ccc(N4CCOCC4)c(CO)c3)n2)c1. The van der Waals surface area contributed by atoms with Crippen molar-refractivity contribution in [2.24, 2.45) is 0 Å². The molecule has 1 aliphatic heterocycles. The van der Waals surface area contributed by atoms with Crippen LogP contribution >= 0.6 is 0 Å². The molecule has 0 spiro atoms. The number of hydrogen-bond donors (Lipinski definition) is 2. The summed E-state index contributed by atoms with van der Waals surface area (Å²) < 4.78 is 5.41. The minimum absolute atomic E-state index is 0.0515. The number of nitrogens with one attached hydrogen (secondary N) is 1. The van der Waals surface area contributed by atoms with Gasteiger partial charge in [-0.3, -0.25) is 0 Å². The van der Waals surface area contributed by atoms with Crippen molar-refractivity contribution in [1.29, 1.82) is 5.26 Å². The average Bonchev–Trinajstić information content (AvgIpc) is 2.80. The lowest BCUT2D eigenvalue weighted by molar-refractivity contribution is 0.122. The highest BCUT2D eigenvalue weighted by atomic mass is 16.5. The molecule has 1 aromatic heterocycles. The summed E-state index contributed by atoms with van der Waals surface area (Å²) in [6.07, 6.45) is 1.68. The van der Waals surface area contributed by atoms with Crippen LogP contribution in [-0.4, -0.2) is 41.4 Å². The normalized spacial score (nSPS) is 13.7. The third kappa shape index (κ3) is 4.35. The highest BCUT2D eigenvalue weighted by molar-refractivity contribution is 5.66. The van der Waals surface area contributed by atoms with Crippen molar-refractivity contribution in [3.05, 3.63) is 65.9 Å². The second-order valence-corrected chi connectivity index (χ2v) is 6.68. The Balaban J connectivity index is 1.57. The topological polar surface area (TPSA) is 94.3 Å². The van der Waals surface area contributed by atoms with Gasteiger partial charge in [0.1, 0.15) is 0 Å². The van der Waals surface area contributed by atoms with Crippen LogP contribution in [0.2, 0.25) is 0 Å². The van der Waals surface area contributed by atoms with E-state index in [0.29, 0.717) is 24.7 Å². The molecule has 0 saturated carbocycles. The standard InChI is InChI=1S/C22H21N5O2/c23-14-16-2-1-3-17(12-16)20-6-7-24-22(26-20)25-19-4-5-21(18(13-19)15-28)27-8-10-29-11-9-27/h1-7,12-13,28H,8-11,15H2,(H,24,25,26). The number of morpholine rings is 1. The second kappa shape index (κ2) is 8.69. The molecule has 2 N–H and O–H groups in total. The van der Waals surface area contributed by atoms with Crippen LogP contribution in [0.4, 0.5) is 17.3 Å². The van der Waals surface area contributed by atoms with Gasteiger partial charge < -0.3 is 20.1 Å². The van der Waals surface area contributed by atoms with Gasteiger partial charge in [-0.15, -0.1) is 0 Å². The lowest BCUT2D eigenvalue weighted by atomic mass is 10.1. The van der Waals surface area contributed by atoms with Crippen molar-refractivity contribution in [2.45, 2.75) is 6.61 Å². The summed E-state index contributed by atoms with van der Waals surface area (Å²) in [7, 11) is 0. The summed E-state index contributed by atoms with van der Waals surface area (Å²) in [5.74, 6) is 0.452. The lowest BCUT2D eigenvalue weighted by Gasteiger charge is -2.30. The van der Waals surface area contributed by atoms with Gasteiger partial charge in [-0.25, -0.2) is 9.97 Å². The van der Waals surface area contributed by atoms with Crippen LogP contribution < -0.4 is 10.2 Å². The Morgan fingerprint density at radius 2 is 2.00 bits per heavy atom. The maximum atomic E-state index is 9.84. The number of benzene rings is 2. The quantitative estimate of drug-likeness (QED) is 0.695. The van der Waals surface area contributed by atoms with E-state index in [1.165, 1.54) is 0 Å². The van der Waals surface area contributed by atoms with Gasteiger partial charge in [0.2, 0.25) is 5.95 Å². The Bertz CT molecular complexity index is 1040. The van der Waals surface area contributed by atoms with E-state index in [2.05, 4.69) is 26.3 Å². The zero-order valence-electron chi connectivity index (χ0n) is 15.9. The van der Waals surface area contributed by atoms with Crippen LogP contribution in [0.3, 0.4) is 0 Å². The Morgan fingerprint density at radius 1 is 1.14 bits per heavy atom. The number of hydrogen-bond acceptors (Lipinski definition) is 7. The molecule has 7 heteroatoms. The Hall–Kier alpha value is -3.47. The molecule has 2 aromatic carbocycles. The van der Waals surface area contributed by atoms with Crippen molar-refractivity contribution >= 4 is 17.3 Å². The number of aliphatic hydroxyl groups is 1. The van der Waals surface area contributed by atoms with Crippen LogP contribution in [0.5, 0.6) is 0 Å². The number of aromatic nitrogens is 2. The molecule has 3 aromatic rings. The number of anilines is 3. The predicted octanol–water partition coefficient (Wildman–Crippen LogP) is 3.09. The predicted molar refractivity (Wildman–Crippen MR) is 111 cm³/mol. The van der Waals surface area contributed by atoms with Gasteiger partial charge in [0, 0.05) is 41.8 Å².